The molecular formula is C51H82Cl2N2O3. The smallest absolute Gasteiger partial charge is 0.224 e. The first-order valence-corrected chi connectivity index (χ1v) is 25.0. The Balaban J connectivity index is 1.72. The fraction of sp³-hybridized carbons (Fsp3) is 0.706. The topological polar surface area (TPSA) is 75.3 Å². The minimum absolute atomic E-state index is 0.0640. The summed E-state index contributed by atoms with van der Waals surface area (Å²) in [5.41, 5.74) is 3.14. The van der Waals surface area contributed by atoms with E-state index in [4.69, 9.17) is 23.2 Å². The van der Waals surface area contributed by atoms with Gasteiger partial charge in [0.25, 0.3) is 0 Å². The summed E-state index contributed by atoms with van der Waals surface area (Å²) in [6.07, 6.45) is 39.4. The first kappa shape index (κ1) is 51.8. The molecule has 0 aliphatic carbocycles. The van der Waals surface area contributed by atoms with Crippen molar-refractivity contribution < 1.29 is 14.4 Å². The van der Waals surface area contributed by atoms with Gasteiger partial charge in [0.1, 0.15) is 0 Å². The van der Waals surface area contributed by atoms with Crippen LogP contribution in [0.3, 0.4) is 0 Å². The van der Waals surface area contributed by atoms with Crippen molar-refractivity contribution in [1.29, 1.82) is 0 Å². The minimum Gasteiger partial charge on any atom is -0.326 e. The van der Waals surface area contributed by atoms with Gasteiger partial charge in [0.15, 0.2) is 5.78 Å². The van der Waals surface area contributed by atoms with E-state index in [0.29, 0.717) is 46.5 Å². The van der Waals surface area contributed by atoms with Gasteiger partial charge in [0.05, 0.1) is 11.8 Å². The number of nitrogens with one attached hydrogen (secondary N) is 2. The molecule has 0 saturated heterocycles. The van der Waals surface area contributed by atoms with E-state index in [2.05, 4.69) is 24.5 Å². The first-order valence-electron chi connectivity index (χ1n) is 24.0. The Morgan fingerprint density at radius 1 is 0.397 bits per heavy atom. The van der Waals surface area contributed by atoms with Crippen LogP contribution >= 0.6 is 23.2 Å². The third kappa shape index (κ3) is 23.4. The molecule has 328 valence electrons. The summed E-state index contributed by atoms with van der Waals surface area (Å²) in [6.45, 7) is 4.54. The molecule has 5 nitrogen and oxygen atoms in total. The molecule has 0 aromatic heterocycles. The number of halogens is 2. The maximum Gasteiger partial charge on any atom is 0.224 e. The Bertz CT molecular complexity index is 1280. The Hall–Kier alpha value is -2.37. The second-order valence-corrected chi connectivity index (χ2v) is 17.3. The molecular weight excluding hydrogens is 759 g/mol. The number of ketones is 1. The van der Waals surface area contributed by atoms with Gasteiger partial charge in [-0.3, -0.25) is 14.4 Å². The van der Waals surface area contributed by atoms with Crippen LogP contribution < -0.4 is 10.6 Å². The predicted octanol–water partition coefficient (Wildman–Crippen LogP) is 16.8. The van der Waals surface area contributed by atoms with Crippen molar-refractivity contribution in [2.75, 3.05) is 10.6 Å². The molecule has 0 aliphatic rings. The van der Waals surface area contributed by atoms with Gasteiger partial charge in [-0.05, 0) is 25.0 Å². The number of anilines is 2. The number of unbranched alkanes of at least 4 members (excludes halogenated alkanes) is 28. The van der Waals surface area contributed by atoms with Gasteiger partial charge in [-0.15, -0.1) is 23.2 Å². The Labute approximate surface area is 365 Å². The highest BCUT2D eigenvalue weighted by Gasteiger charge is 2.21. The van der Waals surface area contributed by atoms with E-state index in [1.807, 2.05) is 0 Å². The second kappa shape index (κ2) is 35.4. The van der Waals surface area contributed by atoms with Crippen molar-refractivity contribution in [3.8, 4) is 0 Å². The molecule has 2 aromatic rings. The molecule has 2 rings (SSSR count). The molecule has 0 fully saturated rings. The van der Waals surface area contributed by atoms with Crippen LogP contribution in [-0.2, 0) is 21.3 Å². The highest BCUT2D eigenvalue weighted by Crippen LogP contribution is 2.30. The van der Waals surface area contributed by atoms with Crippen LogP contribution in [0.25, 0.3) is 0 Å². The highest BCUT2D eigenvalue weighted by molar-refractivity contribution is 6.21. The van der Waals surface area contributed by atoms with E-state index in [0.717, 1.165) is 38.5 Å². The summed E-state index contributed by atoms with van der Waals surface area (Å²) < 4.78 is 0. The van der Waals surface area contributed by atoms with Gasteiger partial charge in [0, 0.05) is 46.5 Å². The fourth-order valence-corrected chi connectivity index (χ4v) is 8.58. The summed E-state index contributed by atoms with van der Waals surface area (Å²) in [5, 5.41) is 6.04. The third-order valence-electron chi connectivity index (χ3n) is 11.7. The summed E-state index contributed by atoms with van der Waals surface area (Å²) >= 11 is 12.8. The number of carbonyl (C=O) groups is 3. The zero-order valence-corrected chi connectivity index (χ0v) is 38.5. The van der Waals surface area contributed by atoms with E-state index < -0.39 is 0 Å². The highest BCUT2D eigenvalue weighted by atomic mass is 35.5. The molecule has 2 N–H and O–H groups in total. The number of hydrogen-bond acceptors (Lipinski definition) is 3. The molecule has 2 amide bonds. The van der Waals surface area contributed by atoms with Crippen LogP contribution in [0, 0.1) is 0 Å². The van der Waals surface area contributed by atoms with Gasteiger partial charge in [-0.2, -0.15) is 0 Å². The van der Waals surface area contributed by atoms with Crippen molar-refractivity contribution in [3.05, 3.63) is 58.7 Å². The number of carbonyl (C=O) groups excluding carboxylic acids is 3. The molecule has 58 heavy (non-hydrogen) atoms. The van der Waals surface area contributed by atoms with Crippen molar-refractivity contribution in [2.24, 2.45) is 0 Å². The van der Waals surface area contributed by atoms with E-state index in [1.54, 1.807) is 36.4 Å². The van der Waals surface area contributed by atoms with E-state index in [9.17, 15) is 14.4 Å². The lowest BCUT2D eigenvalue weighted by Crippen LogP contribution is -2.16. The quantitative estimate of drug-likeness (QED) is 0.0402. The van der Waals surface area contributed by atoms with Crippen LogP contribution in [0.15, 0.2) is 36.4 Å². The molecule has 0 atom stereocenters. The predicted molar refractivity (Wildman–Crippen MR) is 252 cm³/mol. The lowest BCUT2D eigenvalue weighted by molar-refractivity contribution is -0.117. The van der Waals surface area contributed by atoms with Crippen LogP contribution in [0.1, 0.15) is 246 Å². The average Bonchev–Trinajstić information content (AvgIpc) is 3.23. The number of amides is 2. The number of hydrogen-bond donors (Lipinski definition) is 2. The maximum absolute atomic E-state index is 14.0. The molecule has 2 aromatic carbocycles. The fourth-order valence-electron chi connectivity index (χ4n) is 8.01. The second-order valence-electron chi connectivity index (χ2n) is 16.8. The minimum atomic E-state index is -0.233. The molecule has 0 unspecified atom stereocenters. The molecule has 0 bridgehead atoms. The van der Waals surface area contributed by atoms with Gasteiger partial charge >= 0.3 is 0 Å². The lowest BCUT2D eigenvalue weighted by atomic mass is 9.94. The summed E-state index contributed by atoms with van der Waals surface area (Å²) in [7, 11) is 0. The normalized spacial score (nSPS) is 11.2. The Morgan fingerprint density at radius 2 is 0.655 bits per heavy atom. The van der Waals surface area contributed by atoms with Gasteiger partial charge in [0.2, 0.25) is 11.8 Å². The van der Waals surface area contributed by atoms with Crippen molar-refractivity contribution in [2.45, 2.75) is 231 Å². The molecule has 0 spiro atoms. The number of alkyl halides is 2. The zero-order chi connectivity index (χ0) is 41.9. The van der Waals surface area contributed by atoms with Crippen LogP contribution in [0.4, 0.5) is 11.4 Å². The first-order chi connectivity index (χ1) is 28.5. The van der Waals surface area contributed by atoms with Crippen LogP contribution in [-0.4, -0.2) is 17.6 Å². The molecule has 0 aliphatic heterocycles. The molecule has 0 saturated carbocycles. The van der Waals surface area contributed by atoms with Crippen LogP contribution in [0.2, 0.25) is 0 Å². The maximum atomic E-state index is 14.0. The van der Waals surface area contributed by atoms with E-state index in [-0.39, 0.29) is 29.4 Å². The Kier molecular flexibility index (Phi) is 31.6. The standard InChI is InChI=1S/C51H82Cl2N2O3/c1-3-5-7-9-11-13-15-17-19-21-23-25-27-29-31-39-49(56)54-47-37-33-35-43(45(47)41-52)51(58)44-36-34-38-48(46(44)42-53)55-50(57)40-32-30-28-26-24-22-20-18-16-14-12-10-8-6-4-2/h33-38H,3-32,39-42H2,1-2H3,(H,54,56)(H,55,57). The molecule has 0 radical (unpaired) electrons. The van der Waals surface area contributed by atoms with Crippen LogP contribution in [0.5, 0.6) is 0 Å². The van der Waals surface area contributed by atoms with Gasteiger partial charge in [-0.25, -0.2) is 0 Å². The number of benzene rings is 2. The van der Waals surface area contributed by atoms with Crippen molar-refractivity contribution in [3.63, 3.8) is 0 Å². The monoisotopic (exact) mass is 841 g/mol. The van der Waals surface area contributed by atoms with Crippen molar-refractivity contribution >= 4 is 52.2 Å². The lowest BCUT2D eigenvalue weighted by Gasteiger charge is -2.16. The van der Waals surface area contributed by atoms with E-state index in [1.165, 1.54) is 154 Å². The van der Waals surface area contributed by atoms with Crippen molar-refractivity contribution in [1.82, 2.24) is 0 Å². The number of rotatable bonds is 38. The average molecular weight is 842 g/mol. The summed E-state index contributed by atoms with van der Waals surface area (Å²) in [5.74, 6) is -0.217. The van der Waals surface area contributed by atoms with Gasteiger partial charge in [-0.1, -0.05) is 218 Å². The third-order valence-corrected chi connectivity index (χ3v) is 12.2. The zero-order valence-electron chi connectivity index (χ0n) is 37.0. The molecule has 7 heteroatoms. The van der Waals surface area contributed by atoms with Gasteiger partial charge < -0.3 is 10.6 Å². The van der Waals surface area contributed by atoms with E-state index >= 15 is 0 Å². The largest absolute Gasteiger partial charge is 0.326 e. The SMILES string of the molecule is CCCCCCCCCCCCCCCCCC(=O)Nc1cccc(C(=O)c2cccc(NC(=O)CCCCCCCCCCCCCCCCC)c2CCl)c1CCl. The molecule has 0 heterocycles. The summed E-state index contributed by atoms with van der Waals surface area (Å²) in [6, 6.07) is 10.6. The summed E-state index contributed by atoms with van der Waals surface area (Å²) in [4.78, 5) is 39.9. The Morgan fingerprint density at radius 3 is 0.914 bits per heavy atom.